The fourth-order valence-electron chi connectivity index (χ4n) is 3.13. The number of ether oxygens (including phenoxy) is 1. The predicted octanol–water partition coefficient (Wildman–Crippen LogP) is 1.99. The maximum atomic E-state index is 12.2. The van der Waals surface area contributed by atoms with Crippen LogP contribution in [0.3, 0.4) is 0 Å². The molecule has 150 valence electrons. The number of nitrogens with one attached hydrogen (secondary N) is 2. The zero-order valence-electron chi connectivity index (χ0n) is 16.0. The number of H-pyrrole nitrogens is 1. The third-order valence-electron chi connectivity index (χ3n) is 4.94. The standard InChI is InChI=1S/C20H26N4O4/c1-14-2-4-16(5-3-14)13-28-20(27)24-8-6-15(7-9-24)11-21-19(26)18-10-17(12-25)22-23-18/h2-5,10,15,25H,6-9,11-13H2,1H3,(H,21,26)(H,22,23). The molecule has 2 aromatic rings. The third kappa shape index (κ3) is 5.32. The molecule has 1 aromatic carbocycles. The molecule has 28 heavy (non-hydrogen) atoms. The minimum Gasteiger partial charge on any atom is -0.445 e. The number of nitrogens with zero attached hydrogens (tertiary/aromatic N) is 2. The molecule has 0 unspecified atom stereocenters. The predicted molar refractivity (Wildman–Crippen MR) is 103 cm³/mol. The quantitative estimate of drug-likeness (QED) is 0.704. The molecule has 1 fully saturated rings. The van der Waals surface area contributed by atoms with E-state index in [0.29, 0.717) is 31.2 Å². The van der Waals surface area contributed by atoms with E-state index in [2.05, 4.69) is 15.5 Å². The first kappa shape index (κ1) is 19.9. The number of carbonyl (C=O) groups excluding carboxylic acids is 2. The molecule has 2 heterocycles. The van der Waals surface area contributed by atoms with Crippen LogP contribution >= 0.6 is 0 Å². The molecule has 3 rings (SSSR count). The Bertz CT molecular complexity index is 795. The number of aromatic amines is 1. The molecule has 3 N–H and O–H groups in total. The van der Waals surface area contributed by atoms with Gasteiger partial charge in [0.2, 0.25) is 0 Å². The average Bonchev–Trinajstić information content (AvgIpc) is 3.21. The van der Waals surface area contributed by atoms with Crippen LogP contribution in [0.4, 0.5) is 4.79 Å². The highest BCUT2D eigenvalue weighted by Crippen LogP contribution is 2.18. The summed E-state index contributed by atoms with van der Waals surface area (Å²) < 4.78 is 5.40. The number of aliphatic hydroxyl groups excluding tert-OH is 1. The molecular formula is C20H26N4O4. The lowest BCUT2D eigenvalue weighted by Gasteiger charge is -2.31. The van der Waals surface area contributed by atoms with E-state index in [4.69, 9.17) is 9.84 Å². The monoisotopic (exact) mass is 386 g/mol. The Kier molecular flexibility index (Phi) is 6.65. The maximum Gasteiger partial charge on any atom is 0.410 e. The number of aromatic nitrogens is 2. The van der Waals surface area contributed by atoms with Crippen molar-refractivity contribution in [1.82, 2.24) is 20.4 Å². The average molecular weight is 386 g/mol. The lowest BCUT2D eigenvalue weighted by molar-refractivity contribution is 0.0800. The van der Waals surface area contributed by atoms with E-state index in [0.717, 1.165) is 18.4 Å². The number of amides is 2. The van der Waals surface area contributed by atoms with Gasteiger partial charge in [-0.3, -0.25) is 9.89 Å². The second-order valence-corrected chi connectivity index (χ2v) is 7.12. The summed E-state index contributed by atoms with van der Waals surface area (Å²) in [4.78, 5) is 26.0. The first-order valence-electron chi connectivity index (χ1n) is 9.45. The molecule has 1 aliphatic rings. The Balaban J connectivity index is 1.37. The van der Waals surface area contributed by atoms with Gasteiger partial charge < -0.3 is 20.1 Å². The molecule has 0 spiro atoms. The second-order valence-electron chi connectivity index (χ2n) is 7.12. The van der Waals surface area contributed by atoms with Gasteiger partial charge in [0, 0.05) is 19.6 Å². The van der Waals surface area contributed by atoms with Crippen LogP contribution in [0, 0.1) is 12.8 Å². The van der Waals surface area contributed by atoms with Gasteiger partial charge in [-0.15, -0.1) is 0 Å². The topological polar surface area (TPSA) is 108 Å². The van der Waals surface area contributed by atoms with Gasteiger partial charge >= 0.3 is 6.09 Å². The largest absolute Gasteiger partial charge is 0.445 e. The van der Waals surface area contributed by atoms with E-state index in [1.807, 2.05) is 31.2 Å². The maximum absolute atomic E-state index is 12.2. The summed E-state index contributed by atoms with van der Waals surface area (Å²) in [6.45, 7) is 3.87. The van der Waals surface area contributed by atoms with E-state index in [1.165, 1.54) is 11.6 Å². The van der Waals surface area contributed by atoms with Crippen molar-refractivity contribution in [3.05, 3.63) is 52.8 Å². The molecule has 8 heteroatoms. The molecule has 0 radical (unpaired) electrons. The van der Waals surface area contributed by atoms with Crippen molar-refractivity contribution in [3.8, 4) is 0 Å². The summed E-state index contributed by atoms with van der Waals surface area (Å²) in [6, 6.07) is 9.44. The van der Waals surface area contributed by atoms with Crippen LogP contribution in [0.15, 0.2) is 30.3 Å². The number of rotatable bonds is 6. The normalized spacial score (nSPS) is 14.7. The molecule has 0 saturated carbocycles. The van der Waals surface area contributed by atoms with E-state index >= 15 is 0 Å². The fraction of sp³-hybridized carbons (Fsp3) is 0.450. The Labute approximate surface area is 163 Å². The smallest absolute Gasteiger partial charge is 0.410 e. The highest BCUT2D eigenvalue weighted by atomic mass is 16.6. The summed E-state index contributed by atoms with van der Waals surface area (Å²) in [7, 11) is 0. The highest BCUT2D eigenvalue weighted by Gasteiger charge is 2.24. The Morgan fingerprint density at radius 1 is 1.29 bits per heavy atom. The zero-order valence-corrected chi connectivity index (χ0v) is 16.0. The lowest BCUT2D eigenvalue weighted by Crippen LogP contribution is -2.41. The number of piperidine rings is 1. The summed E-state index contributed by atoms with van der Waals surface area (Å²) in [6.07, 6.45) is 1.32. The highest BCUT2D eigenvalue weighted by molar-refractivity contribution is 5.92. The van der Waals surface area contributed by atoms with Crippen LogP contribution in [0.5, 0.6) is 0 Å². The van der Waals surface area contributed by atoms with Gasteiger partial charge in [-0.25, -0.2) is 4.79 Å². The summed E-state index contributed by atoms with van der Waals surface area (Å²) >= 11 is 0. The summed E-state index contributed by atoms with van der Waals surface area (Å²) in [5.41, 5.74) is 2.91. The summed E-state index contributed by atoms with van der Waals surface area (Å²) in [5.74, 6) is 0.0391. The first-order chi connectivity index (χ1) is 13.5. The van der Waals surface area contributed by atoms with Gasteiger partial charge in [0.15, 0.2) is 0 Å². The van der Waals surface area contributed by atoms with Crippen molar-refractivity contribution in [2.45, 2.75) is 33.0 Å². The molecule has 1 aliphatic heterocycles. The van der Waals surface area contributed by atoms with Crippen molar-refractivity contribution in [2.75, 3.05) is 19.6 Å². The van der Waals surface area contributed by atoms with Crippen molar-refractivity contribution in [1.29, 1.82) is 0 Å². The van der Waals surface area contributed by atoms with Crippen LogP contribution < -0.4 is 5.32 Å². The number of carbonyl (C=O) groups is 2. The van der Waals surface area contributed by atoms with Crippen molar-refractivity contribution in [2.24, 2.45) is 5.92 Å². The SMILES string of the molecule is Cc1ccc(COC(=O)N2CCC(CNC(=O)c3cc(CO)[nH]n3)CC2)cc1. The van der Waals surface area contributed by atoms with Gasteiger partial charge in [0.05, 0.1) is 12.3 Å². The Hall–Kier alpha value is -2.87. The van der Waals surface area contributed by atoms with Crippen LogP contribution in [0.1, 0.15) is 40.2 Å². The Morgan fingerprint density at radius 3 is 2.64 bits per heavy atom. The van der Waals surface area contributed by atoms with E-state index < -0.39 is 0 Å². The van der Waals surface area contributed by atoms with E-state index in [-0.39, 0.29) is 30.9 Å². The summed E-state index contributed by atoms with van der Waals surface area (Å²) in [5, 5.41) is 18.3. The molecule has 2 amide bonds. The second kappa shape index (κ2) is 9.36. The molecular weight excluding hydrogens is 360 g/mol. The lowest BCUT2D eigenvalue weighted by atomic mass is 9.97. The van der Waals surface area contributed by atoms with Gasteiger partial charge in [-0.05, 0) is 37.3 Å². The zero-order chi connectivity index (χ0) is 19.9. The van der Waals surface area contributed by atoms with Crippen molar-refractivity contribution < 1.29 is 19.4 Å². The first-order valence-corrected chi connectivity index (χ1v) is 9.45. The Morgan fingerprint density at radius 2 is 2.00 bits per heavy atom. The number of likely N-dealkylation sites (tertiary alicyclic amines) is 1. The van der Waals surface area contributed by atoms with Gasteiger partial charge in [-0.2, -0.15) is 5.10 Å². The number of benzene rings is 1. The van der Waals surface area contributed by atoms with Crippen molar-refractivity contribution >= 4 is 12.0 Å². The van der Waals surface area contributed by atoms with Crippen LogP contribution in [0.25, 0.3) is 0 Å². The van der Waals surface area contributed by atoms with E-state index in [9.17, 15) is 9.59 Å². The molecule has 8 nitrogen and oxygen atoms in total. The molecule has 0 aliphatic carbocycles. The van der Waals surface area contributed by atoms with Gasteiger partial charge in [0.25, 0.3) is 5.91 Å². The fourth-order valence-corrected chi connectivity index (χ4v) is 3.13. The minimum atomic E-state index is -0.295. The molecule has 1 aromatic heterocycles. The number of hydrogen-bond donors (Lipinski definition) is 3. The molecule has 0 bridgehead atoms. The van der Waals surface area contributed by atoms with Crippen LogP contribution in [-0.4, -0.2) is 51.8 Å². The molecule has 0 atom stereocenters. The van der Waals surface area contributed by atoms with E-state index in [1.54, 1.807) is 4.90 Å². The van der Waals surface area contributed by atoms with Gasteiger partial charge in [-0.1, -0.05) is 29.8 Å². The number of aliphatic hydroxyl groups is 1. The third-order valence-corrected chi connectivity index (χ3v) is 4.94. The van der Waals surface area contributed by atoms with Crippen LogP contribution in [-0.2, 0) is 18.0 Å². The molecule has 1 saturated heterocycles. The van der Waals surface area contributed by atoms with Gasteiger partial charge in [0.1, 0.15) is 12.3 Å². The number of hydrogen-bond acceptors (Lipinski definition) is 5. The number of aryl methyl sites for hydroxylation is 1. The minimum absolute atomic E-state index is 0.182. The van der Waals surface area contributed by atoms with Crippen molar-refractivity contribution in [3.63, 3.8) is 0 Å². The van der Waals surface area contributed by atoms with Crippen LogP contribution in [0.2, 0.25) is 0 Å².